The average molecular weight is 186 g/mol. The highest BCUT2D eigenvalue weighted by Gasteiger charge is 2.08. The smallest absolute Gasteiger partial charge is 0.258 e. The van der Waals surface area contributed by atoms with Gasteiger partial charge in [0.05, 0.1) is 4.92 Å². The standard InChI is InChI=1S/C5H2N2O2S2/c6-3-11-4-1-5(7(8)9)10-2-4/h1-2H. The highest BCUT2D eigenvalue weighted by molar-refractivity contribution is 8.03. The van der Waals surface area contributed by atoms with Crippen molar-refractivity contribution in [3.05, 3.63) is 21.6 Å². The van der Waals surface area contributed by atoms with Crippen LogP contribution in [-0.4, -0.2) is 4.92 Å². The van der Waals surface area contributed by atoms with Gasteiger partial charge in [-0.2, -0.15) is 5.26 Å². The molecule has 0 saturated carbocycles. The zero-order valence-corrected chi connectivity index (χ0v) is 6.82. The first-order valence-electron chi connectivity index (χ1n) is 2.53. The number of thiocyanates is 1. The minimum absolute atomic E-state index is 0.0720. The lowest BCUT2D eigenvalue weighted by atomic mass is 10.6. The SMILES string of the molecule is N#CSc1csc([N+](=O)[O-])c1. The Hall–Kier alpha value is -1.06. The van der Waals surface area contributed by atoms with Gasteiger partial charge in [0.2, 0.25) is 0 Å². The van der Waals surface area contributed by atoms with Gasteiger partial charge in [-0.15, -0.1) is 0 Å². The second-order valence-corrected chi connectivity index (χ2v) is 3.32. The van der Waals surface area contributed by atoms with Crippen molar-refractivity contribution < 1.29 is 4.92 Å². The van der Waals surface area contributed by atoms with E-state index in [-0.39, 0.29) is 5.00 Å². The molecule has 6 heteroatoms. The quantitative estimate of drug-likeness (QED) is 0.307. The Kier molecular flexibility index (Phi) is 2.46. The third kappa shape index (κ3) is 1.93. The summed E-state index contributed by atoms with van der Waals surface area (Å²) in [6, 6.07) is 1.39. The molecule has 0 unspecified atom stereocenters. The Morgan fingerprint density at radius 3 is 3.00 bits per heavy atom. The van der Waals surface area contributed by atoms with Crippen LogP contribution in [0.5, 0.6) is 0 Å². The first-order chi connectivity index (χ1) is 5.24. The van der Waals surface area contributed by atoms with Crippen molar-refractivity contribution in [1.29, 1.82) is 5.26 Å². The first kappa shape index (κ1) is 8.04. The third-order valence-corrected chi connectivity index (χ3v) is 2.50. The van der Waals surface area contributed by atoms with Crippen LogP contribution in [0.15, 0.2) is 16.3 Å². The van der Waals surface area contributed by atoms with Crippen LogP contribution in [0.1, 0.15) is 0 Å². The van der Waals surface area contributed by atoms with E-state index < -0.39 is 4.92 Å². The molecule has 56 valence electrons. The number of thioether (sulfide) groups is 1. The maximum Gasteiger partial charge on any atom is 0.325 e. The largest absolute Gasteiger partial charge is 0.325 e. The van der Waals surface area contributed by atoms with Crippen molar-refractivity contribution in [3.8, 4) is 5.40 Å². The molecule has 0 fully saturated rings. The summed E-state index contributed by atoms with van der Waals surface area (Å²) in [4.78, 5) is 10.3. The van der Waals surface area contributed by atoms with Gasteiger partial charge >= 0.3 is 5.00 Å². The van der Waals surface area contributed by atoms with E-state index in [1.54, 1.807) is 5.38 Å². The number of nitrogens with zero attached hydrogens (tertiary/aromatic N) is 2. The van der Waals surface area contributed by atoms with Crippen LogP contribution in [-0.2, 0) is 0 Å². The first-order valence-corrected chi connectivity index (χ1v) is 4.22. The van der Waals surface area contributed by atoms with E-state index in [4.69, 9.17) is 5.26 Å². The summed E-state index contributed by atoms with van der Waals surface area (Å²) in [5.41, 5.74) is 0. The Morgan fingerprint density at radius 2 is 2.55 bits per heavy atom. The molecular weight excluding hydrogens is 184 g/mol. The molecule has 1 aromatic heterocycles. The second-order valence-electron chi connectivity index (χ2n) is 1.57. The molecule has 1 aromatic rings. The van der Waals surface area contributed by atoms with Crippen LogP contribution in [0.25, 0.3) is 0 Å². The maximum atomic E-state index is 10.1. The highest BCUT2D eigenvalue weighted by Crippen LogP contribution is 2.28. The van der Waals surface area contributed by atoms with Gasteiger partial charge in [-0.05, 0) is 11.8 Å². The van der Waals surface area contributed by atoms with Crippen LogP contribution < -0.4 is 0 Å². The minimum Gasteiger partial charge on any atom is -0.258 e. The van der Waals surface area contributed by atoms with Crippen molar-refractivity contribution in [2.24, 2.45) is 0 Å². The molecule has 0 saturated heterocycles. The second kappa shape index (κ2) is 3.37. The summed E-state index contributed by atoms with van der Waals surface area (Å²) in [5, 5.41) is 21.9. The lowest BCUT2D eigenvalue weighted by Crippen LogP contribution is -1.80. The fraction of sp³-hybridized carbons (Fsp3) is 0. The normalized spacial score (nSPS) is 9.00. The lowest BCUT2D eigenvalue weighted by Gasteiger charge is -1.79. The number of hydrogen-bond acceptors (Lipinski definition) is 5. The molecule has 0 aliphatic rings. The lowest BCUT2D eigenvalue weighted by molar-refractivity contribution is -0.380. The van der Waals surface area contributed by atoms with Crippen molar-refractivity contribution in [2.75, 3.05) is 0 Å². The van der Waals surface area contributed by atoms with Crippen molar-refractivity contribution >= 4 is 28.1 Å². The van der Waals surface area contributed by atoms with Crippen LogP contribution in [0.4, 0.5) is 5.00 Å². The van der Waals surface area contributed by atoms with Crippen LogP contribution >= 0.6 is 23.1 Å². The van der Waals surface area contributed by atoms with Crippen LogP contribution in [0.3, 0.4) is 0 Å². The topological polar surface area (TPSA) is 66.9 Å². The van der Waals surface area contributed by atoms with Gasteiger partial charge < -0.3 is 0 Å². The Bertz CT molecular complexity index is 315. The molecule has 11 heavy (non-hydrogen) atoms. The number of nitro groups is 1. The number of nitriles is 1. The van der Waals surface area contributed by atoms with Gasteiger partial charge in [0, 0.05) is 16.3 Å². The van der Waals surface area contributed by atoms with Gasteiger partial charge in [0.15, 0.2) is 0 Å². The molecule has 0 radical (unpaired) electrons. The van der Waals surface area contributed by atoms with Gasteiger partial charge in [-0.25, -0.2) is 0 Å². The summed E-state index contributed by atoms with van der Waals surface area (Å²) < 4.78 is 0. The number of hydrogen-bond donors (Lipinski definition) is 0. The summed E-state index contributed by atoms with van der Waals surface area (Å²) in [7, 11) is 0. The summed E-state index contributed by atoms with van der Waals surface area (Å²) >= 11 is 1.95. The van der Waals surface area contributed by atoms with E-state index in [0.29, 0.717) is 4.90 Å². The molecule has 0 aliphatic carbocycles. The maximum absolute atomic E-state index is 10.1. The minimum atomic E-state index is -0.466. The molecule has 0 amide bonds. The molecule has 0 N–H and O–H groups in total. The van der Waals surface area contributed by atoms with E-state index in [0.717, 1.165) is 23.1 Å². The van der Waals surface area contributed by atoms with Crippen molar-refractivity contribution in [1.82, 2.24) is 0 Å². The third-order valence-electron chi connectivity index (χ3n) is 0.905. The molecule has 0 bridgehead atoms. The molecule has 0 aliphatic heterocycles. The zero-order valence-electron chi connectivity index (χ0n) is 5.18. The van der Waals surface area contributed by atoms with Gasteiger partial charge in [0.1, 0.15) is 5.40 Å². The van der Waals surface area contributed by atoms with Gasteiger partial charge in [-0.1, -0.05) is 11.3 Å². The Morgan fingerprint density at radius 1 is 1.82 bits per heavy atom. The number of thiophene rings is 1. The zero-order chi connectivity index (χ0) is 8.27. The van der Waals surface area contributed by atoms with Gasteiger partial charge in [-0.3, -0.25) is 10.1 Å². The fourth-order valence-corrected chi connectivity index (χ4v) is 1.78. The molecule has 1 heterocycles. The van der Waals surface area contributed by atoms with E-state index in [1.165, 1.54) is 6.07 Å². The summed E-state index contributed by atoms with van der Waals surface area (Å²) in [6.07, 6.45) is 0. The fourth-order valence-electron chi connectivity index (χ4n) is 0.510. The molecule has 0 atom stereocenters. The molecule has 0 aromatic carbocycles. The van der Waals surface area contributed by atoms with Gasteiger partial charge in [0.25, 0.3) is 0 Å². The molecular formula is C5H2N2O2S2. The van der Waals surface area contributed by atoms with E-state index >= 15 is 0 Å². The van der Waals surface area contributed by atoms with Crippen LogP contribution in [0, 0.1) is 20.8 Å². The van der Waals surface area contributed by atoms with Crippen LogP contribution in [0.2, 0.25) is 0 Å². The highest BCUT2D eigenvalue weighted by atomic mass is 32.2. The van der Waals surface area contributed by atoms with Crippen molar-refractivity contribution in [2.45, 2.75) is 4.90 Å². The molecule has 1 rings (SSSR count). The predicted octanol–water partition coefficient (Wildman–Crippen LogP) is 2.23. The summed E-state index contributed by atoms with van der Waals surface area (Å²) in [6.45, 7) is 0. The average Bonchev–Trinajstić information content (AvgIpc) is 2.37. The Labute approximate surface area is 70.6 Å². The van der Waals surface area contributed by atoms with E-state index in [9.17, 15) is 10.1 Å². The molecule has 4 nitrogen and oxygen atoms in total. The molecule has 0 spiro atoms. The summed E-state index contributed by atoms with van der Waals surface area (Å²) in [5.74, 6) is 0. The van der Waals surface area contributed by atoms with E-state index in [1.807, 2.05) is 5.40 Å². The monoisotopic (exact) mass is 186 g/mol. The predicted molar refractivity (Wildman–Crippen MR) is 42.4 cm³/mol. The number of rotatable bonds is 2. The van der Waals surface area contributed by atoms with E-state index in [2.05, 4.69) is 0 Å². The van der Waals surface area contributed by atoms with Crippen molar-refractivity contribution in [3.63, 3.8) is 0 Å². The Balaban J connectivity index is 2.83.